The fourth-order valence-corrected chi connectivity index (χ4v) is 3.67. The number of aromatic nitrogens is 2. The Hall–Kier alpha value is -2.18. The van der Waals surface area contributed by atoms with Crippen LogP contribution in [0, 0.1) is 11.6 Å². The van der Waals surface area contributed by atoms with Crippen molar-refractivity contribution in [3.63, 3.8) is 0 Å². The quantitative estimate of drug-likeness (QED) is 0.513. The minimum atomic E-state index is -4.36. The number of halogens is 5. The summed E-state index contributed by atoms with van der Waals surface area (Å²) in [4.78, 5) is 4.22. The highest BCUT2D eigenvalue weighted by molar-refractivity contribution is 5.25. The molecule has 7 heteroatoms. The summed E-state index contributed by atoms with van der Waals surface area (Å²) >= 11 is 0. The number of alkyl halides is 3. The van der Waals surface area contributed by atoms with Gasteiger partial charge in [0.15, 0.2) is 11.6 Å². The van der Waals surface area contributed by atoms with Gasteiger partial charge in [-0.25, -0.2) is 13.8 Å². The van der Waals surface area contributed by atoms with Gasteiger partial charge in [-0.1, -0.05) is 18.2 Å². The Morgan fingerprint density at radius 2 is 2.00 bits per heavy atom. The Morgan fingerprint density at radius 1 is 1.23 bits per heavy atom. The van der Waals surface area contributed by atoms with Crippen LogP contribution in [-0.2, 0) is 13.0 Å². The highest BCUT2D eigenvalue weighted by atomic mass is 19.4. The summed E-state index contributed by atoms with van der Waals surface area (Å²) in [7, 11) is 0. The zero-order valence-electron chi connectivity index (χ0n) is 14.1. The lowest BCUT2D eigenvalue weighted by Crippen LogP contribution is -2.18. The summed E-state index contributed by atoms with van der Waals surface area (Å²) < 4.78 is 68.1. The molecule has 1 aliphatic rings. The standard InChI is InChI=1S/C19H19F5N2/c1-2-4-12-7-8-13(15-5-3-6-16(20)17(15)21)11-26-14(9-19(22,23)24)10-25-18(12)26/h2-3,5-6,10,12-13H,1,4,7-9,11H2/t12-,13-/m0/s1. The molecule has 1 aliphatic heterocycles. The number of fused-ring (bicyclic) bond motifs is 1. The van der Waals surface area contributed by atoms with Gasteiger partial charge in [-0.05, 0) is 30.9 Å². The van der Waals surface area contributed by atoms with E-state index in [-0.39, 0.29) is 23.7 Å². The summed E-state index contributed by atoms with van der Waals surface area (Å²) in [5, 5.41) is 0. The molecule has 0 spiro atoms. The van der Waals surface area contributed by atoms with Gasteiger partial charge in [-0.3, -0.25) is 0 Å². The summed E-state index contributed by atoms with van der Waals surface area (Å²) in [6.45, 7) is 3.85. The van der Waals surface area contributed by atoms with Crippen LogP contribution in [0.3, 0.4) is 0 Å². The first-order chi connectivity index (χ1) is 12.3. The normalized spacial score (nSPS) is 20.5. The molecular weight excluding hydrogens is 351 g/mol. The maximum absolute atomic E-state index is 14.2. The van der Waals surface area contributed by atoms with Gasteiger partial charge < -0.3 is 4.57 Å². The molecule has 2 nitrogen and oxygen atoms in total. The van der Waals surface area contributed by atoms with Crippen LogP contribution in [0.2, 0.25) is 0 Å². The van der Waals surface area contributed by atoms with Gasteiger partial charge in [0.2, 0.25) is 0 Å². The molecule has 0 saturated carbocycles. The molecule has 0 fully saturated rings. The average molecular weight is 370 g/mol. The van der Waals surface area contributed by atoms with Crippen molar-refractivity contribution < 1.29 is 22.0 Å². The van der Waals surface area contributed by atoms with Crippen molar-refractivity contribution in [1.29, 1.82) is 0 Å². The first kappa shape index (κ1) is 18.6. The molecule has 0 saturated heterocycles. The predicted octanol–water partition coefficient (Wildman–Crippen LogP) is 5.50. The van der Waals surface area contributed by atoms with Crippen LogP contribution in [0.5, 0.6) is 0 Å². The SMILES string of the molecule is C=CC[C@H]1CC[C@H](c2cccc(F)c2F)Cn2c(CC(F)(F)F)cnc21. The van der Waals surface area contributed by atoms with Crippen LogP contribution in [0.1, 0.15) is 48.2 Å². The minimum absolute atomic E-state index is 0.0465. The van der Waals surface area contributed by atoms with Gasteiger partial charge in [0.25, 0.3) is 0 Å². The summed E-state index contributed by atoms with van der Waals surface area (Å²) in [5.41, 5.74) is 0.243. The number of rotatable bonds is 4. The van der Waals surface area contributed by atoms with E-state index < -0.39 is 30.1 Å². The zero-order valence-corrected chi connectivity index (χ0v) is 14.1. The second-order valence-electron chi connectivity index (χ2n) is 6.65. The molecule has 2 aromatic rings. The lowest BCUT2D eigenvalue weighted by atomic mass is 9.90. The zero-order chi connectivity index (χ0) is 18.9. The number of hydrogen-bond donors (Lipinski definition) is 0. The van der Waals surface area contributed by atoms with E-state index in [1.807, 2.05) is 0 Å². The van der Waals surface area contributed by atoms with Crippen LogP contribution in [0.4, 0.5) is 22.0 Å². The molecule has 0 unspecified atom stereocenters. The van der Waals surface area contributed by atoms with Crippen molar-refractivity contribution in [1.82, 2.24) is 9.55 Å². The second-order valence-corrected chi connectivity index (χ2v) is 6.65. The summed E-state index contributed by atoms with van der Waals surface area (Å²) in [6.07, 6.45) is -0.793. The number of nitrogens with zero attached hydrogens (tertiary/aromatic N) is 2. The van der Waals surface area contributed by atoms with Crippen LogP contribution < -0.4 is 0 Å². The molecule has 2 heterocycles. The molecular formula is C19H19F5N2. The lowest BCUT2D eigenvalue weighted by Gasteiger charge is -2.19. The molecule has 140 valence electrons. The van der Waals surface area contributed by atoms with Crippen LogP contribution >= 0.6 is 0 Å². The van der Waals surface area contributed by atoms with E-state index in [2.05, 4.69) is 11.6 Å². The number of imidazole rings is 1. The molecule has 0 N–H and O–H groups in total. The maximum Gasteiger partial charge on any atom is 0.394 e. The van der Waals surface area contributed by atoms with Crippen LogP contribution in [-0.4, -0.2) is 15.7 Å². The fraction of sp³-hybridized carbons (Fsp3) is 0.421. The minimum Gasteiger partial charge on any atom is -0.331 e. The van der Waals surface area contributed by atoms with Crippen molar-refractivity contribution in [2.24, 2.45) is 0 Å². The van der Waals surface area contributed by atoms with E-state index in [0.29, 0.717) is 25.1 Å². The lowest BCUT2D eigenvalue weighted by molar-refractivity contribution is -0.128. The third-order valence-corrected chi connectivity index (χ3v) is 4.85. The second kappa shape index (κ2) is 7.21. The molecule has 0 amide bonds. The van der Waals surface area contributed by atoms with Gasteiger partial charge in [0, 0.05) is 30.3 Å². The molecule has 0 bridgehead atoms. The third kappa shape index (κ3) is 3.81. The molecule has 2 atom stereocenters. The predicted molar refractivity (Wildman–Crippen MR) is 87.9 cm³/mol. The Labute approximate surface area is 148 Å². The molecule has 1 aromatic heterocycles. The van der Waals surface area contributed by atoms with Crippen molar-refractivity contribution in [2.75, 3.05) is 0 Å². The van der Waals surface area contributed by atoms with Gasteiger partial charge in [-0.2, -0.15) is 13.2 Å². The Kier molecular flexibility index (Phi) is 5.16. The van der Waals surface area contributed by atoms with Gasteiger partial charge >= 0.3 is 6.18 Å². The van der Waals surface area contributed by atoms with Gasteiger partial charge in [0.1, 0.15) is 5.82 Å². The number of benzene rings is 1. The smallest absolute Gasteiger partial charge is 0.331 e. The highest BCUT2D eigenvalue weighted by Crippen LogP contribution is 2.38. The van der Waals surface area contributed by atoms with E-state index in [1.54, 1.807) is 6.08 Å². The highest BCUT2D eigenvalue weighted by Gasteiger charge is 2.34. The average Bonchev–Trinajstić information content (AvgIpc) is 2.83. The monoisotopic (exact) mass is 370 g/mol. The van der Waals surface area contributed by atoms with E-state index in [9.17, 15) is 22.0 Å². The third-order valence-electron chi connectivity index (χ3n) is 4.85. The topological polar surface area (TPSA) is 17.8 Å². The van der Waals surface area contributed by atoms with Crippen LogP contribution in [0.25, 0.3) is 0 Å². The van der Waals surface area contributed by atoms with Crippen LogP contribution in [0.15, 0.2) is 37.1 Å². The first-order valence-electron chi connectivity index (χ1n) is 8.46. The Balaban J connectivity index is 2.01. The van der Waals surface area contributed by atoms with E-state index in [4.69, 9.17) is 0 Å². The number of hydrogen-bond acceptors (Lipinski definition) is 1. The molecule has 0 aliphatic carbocycles. The van der Waals surface area contributed by atoms with Crippen molar-refractivity contribution in [3.05, 3.63) is 65.8 Å². The first-order valence-corrected chi connectivity index (χ1v) is 8.46. The molecule has 0 radical (unpaired) electrons. The maximum atomic E-state index is 14.2. The van der Waals surface area contributed by atoms with Crippen molar-refractivity contribution >= 4 is 0 Å². The molecule has 26 heavy (non-hydrogen) atoms. The largest absolute Gasteiger partial charge is 0.394 e. The Morgan fingerprint density at radius 3 is 2.69 bits per heavy atom. The van der Waals surface area contributed by atoms with E-state index >= 15 is 0 Å². The fourth-order valence-electron chi connectivity index (χ4n) is 3.67. The number of allylic oxidation sites excluding steroid dienone is 1. The summed E-state index contributed by atoms with van der Waals surface area (Å²) in [5.74, 6) is -1.82. The Bertz CT molecular complexity index is 794. The van der Waals surface area contributed by atoms with E-state index in [1.165, 1.54) is 22.9 Å². The van der Waals surface area contributed by atoms with E-state index in [0.717, 1.165) is 6.07 Å². The van der Waals surface area contributed by atoms with Crippen molar-refractivity contribution in [2.45, 2.75) is 50.2 Å². The van der Waals surface area contributed by atoms with Crippen molar-refractivity contribution in [3.8, 4) is 0 Å². The molecule has 1 aromatic carbocycles. The summed E-state index contributed by atoms with van der Waals surface area (Å²) in [6, 6.07) is 3.95. The molecule has 3 rings (SSSR count). The van der Waals surface area contributed by atoms with Gasteiger partial charge in [-0.15, -0.1) is 6.58 Å². The van der Waals surface area contributed by atoms with Gasteiger partial charge in [0.05, 0.1) is 6.42 Å².